The summed E-state index contributed by atoms with van der Waals surface area (Å²) >= 11 is 0. The number of nitrogens with one attached hydrogen (secondary N) is 2. The first-order valence-electron chi connectivity index (χ1n) is 8.41. The van der Waals surface area contributed by atoms with Crippen molar-refractivity contribution in [1.29, 1.82) is 0 Å². The number of carbonyl (C=O) groups excluding carboxylic acids is 2. The molecule has 0 saturated heterocycles. The highest BCUT2D eigenvalue weighted by Gasteiger charge is 2.21. The molecule has 0 fully saturated rings. The van der Waals surface area contributed by atoms with Gasteiger partial charge in [0, 0.05) is 5.69 Å². The number of hydrogen-bond donors (Lipinski definition) is 2. The van der Waals surface area contributed by atoms with Crippen molar-refractivity contribution in [3.05, 3.63) is 59.4 Å². The Balaban J connectivity index is 1.90. The van der Waals surface area contributed by atoms with Crippen molar-refractivity contribution in [3.8, 4) is 0 Å². The number of carbonyl (C=O) groups is 2. The van der Waals surface area contributed by atoms with Crippen LogP contribution in [0.5, 0.6) is 0 Å². The summed E-state index contributed by atoms with van der Waals surface area (Å²) in [6.07, 6.45) is -1.13. The van der Waals surface area contributed by atoms with E-state index < -0.39 is 40.4 Å². The van der Waals surface area contributed by atoms with Crippen molar-refractivity contribution < 1.29 is 27.1 Å². The van der Waals surface area contributed by atoms with E-state index in [9.17, 15) is 22.4 Å². The van der Waals surface area contributed by atoms with E-state index in [0.717, 1.165) is 23.3 Å². The lowest BCUT2D eigenvalue weighted by atomic mass is 10.1. The Kier molecular flexibility index (Phi) is 6.87. The van der Waals surface area contributed by atoms with E-state index in [-0.39, 0.29) is 4.90 Å². The number of ether oxygens (including phenoxy) is 1. The minimum atomic E-state index is -4.08. The molecule has 0 saturated carbocycles. The van der Waals surface area contributed by atoms with Gasteiger partial charge in [0.25, 0.3) is 5.91 Å². The molecule has 0 aliphatic heterocycles. The SMILES string of the molecule is Cc1ccc(NC(=O)[C@@H](C)OC(=O)CNS(=O)(=O)c2cccc(F)c2)c(C)c1. The van der Waals surface area contributed by atoms with Gasteiger partial charge in [-0.15, -0.1) is 0 Å². The molecule has 0 unspecified atom stereocenters. The summed E-state index contributed by atoms with van der Waals surface area (Å²) in [5.74, 6) is -2.21. The molecule has 0 spiro atoms. The molecule has 0 aliphatic carbocycles. The van der Waals surface area contributed by atoms with E-state index in [1.54, 1.807) is 6.07 Å². The fourth-order valence-corrected chi connectivity index (χ4v) is 3.35. The molecule has 0 heterocycles. The van der Waals surface area contributed by atoms with Crippen molar-refractivity contribution in [2.45, 2.75) is 31.8 Å². The van der Waals surface area contributed by atoms with Crippen molar-refractivity contribution >= 4 is 27.6 Å². The molecule has 2 N–H and O–H groups in total. The molecule has 150 valence electrons. The minimum Gasteiger partial charge on any atom is -0.452 e. The van der Waals surface area contributed by atoms with Crippen LogP contribution in [0.2, 0.25) is 0 Å². The largest absolute Gasteiger partial charge is 0.452 e. The maximum absolute atomic E-state index is 13.2. The van der Waals surface area contributed by atoms with Gasteiger partial charge in [0.2, 0.25) is 10.0 Å². The zero-order valence-corrected chi connectivity index (χ0v) is 16.5. The molecule has 0 aromatic heterocycles. The molecular formula is C19H21FN2O5S. The fourth-order valence-electron chi connectivity index (χ4n) is 2.35. The predicted molar refractivity (Wildman–Crippen MR) is 102 cm³/mol. The van der Waals surface area contributed by atoms with Crippen LogP contribution in [0.3, 0.4) is 0 Å². The lowest BCUT2D eigenvalue weighted by molar-refractivity contribution is -0.151. The van der Waals surface area contributed by atoms with Crippen LogP contribution < -0.4 is 10.0 Å². The summed E-state index contributed by atoms with van der Waals surface area (Å²) < 4.78 is 44.2. The van der Waals surface area contributed by atoms with Crippen LogP contribution in [0.1, 0.15) is 18.1 Å². The Morgan fingerprint density at radius 2 is 1.86 bits per heavy atom. The van der Waals surface area contributed by atoms with Gasteiger partial charge in [-0.05, 0) is 50.6 Å². The molecule has 2 aromatic rings. The Labute approximate surface area is 163 Å². The summed E-state index contributed by atoms with van der Waals surface area (Å²) in [7, 11) is -4.08. The van der Waals surface area contributed by atoms with Gasteiger partial charge in [0.05, 0.1) is 4.90 Å². The zero-order valence-electron chi connectivity index (χ0n) is 15.7. The van der Waals surface area contributed by atoms with Gasteiger partial charge < -0.3 is 10.1 Å². The lowest BCUT2D eigenvalue weighted by Crippen LogP contribution is -2.36. The Bertz CT molecular complexity index is 992. The second-order valence-electron chi connectivity index (χ2n) is 6.22. The number of halogens is 1. The summed E-state index contributed by atoms with van der Waals surface area (Å²) in [6.45, 7) is 4.44. The van der Waals surface area contributed by atoms with Gasteiger partial charge in [0.1, 0.15) is 12.4 Å². The van der Waals surface area contributed by atoms with Crippen LogP contribution in [0.25, 0.3) is 0 Å². The number of benzene rings is 2. The van der Waals surface area contributed by atoms with Crippen LogP contribution in [-0.2, 0) is 24.3 Å². The fraction of sp³-hybridized carbons (Fsp3) is 0.263. The molecular weight excluding hydrogens is 387 g/mol. The Morgan fingerprint density at radius 3 is 2.50 bits per heavy atom. The maximum atomic E-state index is 13.2. The van der Waals surface area contributed by atoms with E-state index in [1.165, 1.54) is 19.1 Å². The zero-order chi connectivity index (χ0) is 20.9. The number of hydrogen-bond acceptors (Lipinski definition) is 5. The summed E-state index contributed by atoms with van der Waals surface area (Å²) in [5, 5.41) is 2.65. The quantitative estimate of drug-likeness (QED) is 0.685. The van der Waals surface area contributed by atoms with Gasteiger partial charge in [0.15, 0.2) is 6.10 Å². The number of esters is 1. The average molecular weight is 408 g/mol. The Morgan fingerprint density at radius 1 is 1.14 bits per heavy atom. The van der Waals surface area contributed by atoms with E-state index in [4.69, 9.17) is 4.74 Å². The first-order chi connectivity index (χ1) is 13.1. The number of rotatable bonds is 7. The second kappa shape index (κ2) is 8.94. The first-order valence-corrected chi connectivity index (χ1v) is 9.89. The molecule has 0 radical (unpaired) electrons. The van der Waals surface area contributed by atoms with E-state index in [1.807, 2.05) is 30.7 Å². The normalized spacial score (nSPS) is 12.3. The van der Waals surface area contributed by atoms with Gasteiger partial charge in [-0.1, -0.05) is 23.8 Å². The van der Waals surface area contributed by atoms with Gasteiger partial charge >= 0.3 is 5.97 Å². The summed E-state index contributed by atoms with van der Waals surface area (Å²) in [4.78, 5) is 23.7. The first kappa shape index (κ1) is 21.5. The van der Waals surface area contributed by atoms with Crippen molar-refractivity contribution in [1.82, 2.24) is 4.72 Å². The van der Waals surface area contributed by atoms with Gasteiger partial charge in [-0.2, -0.15) is 4.72 Å². The molecule has 1 amide bonds. The van der Waals surface area contributed by atoms with Crippen molar-refractivity contribution in [2.24, 2.45) is 0 Å². The van der Waals surface area contributed by atoms with Crippen LogP contribution in [0.4, 0.5) is 10.1 Å². The number of anilines is 1. The molecule has 2 rings (SSSR count). The average Bonchev–Trinajstić information content (AvgIpc) is 2.62. The smallest absolute Gasteiger partial charge is 0.321 e. The maximum Gasteiger partial charge on any atom is 0.321 e. The Hall–Kier alpha value is -2.78. The van der Waals surface area contributed by atoms with Crippen molar-refractivity contribution in [3.63, 3.8) is 0 Å². The monoisotopic (exact) mass is 408 g/mol. The topological polar surface area (TPSA) is 102 Å². The predicted octanol–water partition coefficient (Wildman–Crippen LogP) is 2.29. The van der Waals surface area contributed by atoms with Crippen LogP contribution in [0.15, 0.2) is 47.4 Å². The van der Waals surface area contributed by atoms with Crippen LogP contribution >= 0.6 is 0 Å². The lowest BCUT2D eigenvalue weighted by Gasteiger charge is -2.15. The number of amides is 1. The molecule has 2 aromatic carbocycles. The molecule has 1 atom stereocenters. The summed E-state index contributed by atoms with van der Waals surface area (Å²) in [6, 6.07) is 9.83. The third-order valence-electron chi connectivity index (χ3n) is 3.83. The summed E-state index contributed by atoms with van der Waals surface area (Å²) in [5.41, 5.74) is 2.49. The molecule has 0 aliphatic rings. The molecule has 7 nitrogen and oxygen atoms in total. The second-order valence-corrected chi connectivity index (χ2v) is 7.99. The minimum absolute atomic E-state index is 0.319. The standard InChI is InChI=1S/C19H21FN2O5S/c1-12-7-8-17(13(2)9-12)22-19(24)14(3)27-18(23)11-21-28(25,26)16-6-4-5-15(20)10-16/h4-10,14,21H,11H2,1-3H3,(H,22,24)/t14-/m1/s1. The van der Waals surface area contributed by atoms with Crippen molar-refractivity contribution in [2.75, 3.05) is 11.9 Å². The number of aryl methyl sites for hydroxylation is 2. The highest BCUT2D eigenvalue weighted by atomic mass is 32.2. The molecule has 9 heteroatoms. The van der Waals surface area contributed by atoms with E-state index in [2.05, 4.69) is 5.32 Å². The van der Waals surface area contributed by atoms with E-state index in [0.29, 0.717) is 5.69 Å². The van der Waals surface area contributed by atoms with Gasteiger partial charge in [-0.25, -0.2) is 12.8 Å². The number of sulfonamides is 1. The van der Waals surface area contributed by atoms with Gasteiger partial charge in [-0.3, -0.25) is 9.59 Å². The third kappa shape index (κ3) is 5.86. The molecule has 0 bridgehead atoms. The highest BCUT2D eigenvalue weighted by Crippen LogP contribution is 2.16. The van der Waals surface area contributed by atoms with Crippen LogP contribution in [0, 0.1) is 19.7 Å². The third-order valence-corrected chi connectivity index (χ3v) is 5.23. The van der Waals surface area contributed by atoms with Crippen LogP contribution in [-0.4, -0.2) is 32.9 Å². The molecule has 28 heavy (non-hydrogen) atoms. The highest BCUT2D eigenvalue weighted by molar-refractivity contribution is 7.89. The van der Waals surface area contributed by atoms with E-state index >= 15 is 0 Å².